The second-order valence-electron chi connectivity index (χ2n) is 3.11. The number of halogens is 3. The van der Waals surface area contributed by atoms with Crippen molar-refractivity contribution in [2.75, 3.05) is 5.32 Å². The van der Waals surface area contributed by atoms with Gasteiger partial charge in [0, 0.05) is 14.2 Å². The standard InChI is InChI=1S/C11H7BrFIN2/c12-7-1-4-11(15-6-7)16-10-3-2-8(13)5-9(10)14/h1-6H,(H,15,16). The summed E-state index contributed by atoms with van der Waals surface area (Å²) in [6.07, 6.45) is 1.71. The van der Waals surface area contributed by atoms with Crippen LogP contribution in [-0.2, 0) is 0 Å². The number of hydrogen-bond acceptors (Lipinski definition) is 2. The fourth-order valence-corrected chi connectivity index (χ4v) is 2.03. The highest BCUT2D eigenvalue weighted by molar-refractivity contribution is 14.1. The zero-order valence-corrected chi connectivity index (χ0v) is 11.8. The van der Waals surface area contributed by atoms with E-state index in [0.29, 0.717) is 0 Å². The topological polar surface area (TPSA) is 24.9 Å². The lowest BCUT2D eigenvalue weighted by atomic mass is 10.3. The van der Waals surface area contributed by atoms with Crippen LogP contribution >= 0.6 is 38.5 Å². The van der Waals surface area contributed by atoms with E-state index in [1.165, 1.54) is 12.1 Å². The molecule has 1 aromatic heterocycles. The highest BCUT2D eigenvalue weighted by Gasteiger charge is 2.02. The number of hydrogen-bond donors (Lipinski definition) is 1. The summed E-state index contributed by atoms with van der Waals surface area (Å²) in [7, 11) is 0. The quantitative estimate of drug-likeness (QED) is 0.769. The maximum absolute atomic E-state index is 12.9. The third kappa shape index (κ3) is 2.91. The van der Waals surface area contributed by atoms with Gasteiger partial charge in [-0.15, -0.1) is 0 Å². The molecule has 2 rings (SSSR count). The molecule has 0 aliphatic carbocycles. The van der Waals surface area contributed by atoms with Gasteiger partial charge in [0.2, 0.25) is 0 Å². The van der Waals surface area contributed by atoms with Gasteiger partial charge in [-0.05, 0) is 68.9 Å². The largest absolute Gasteiger partial charge is 0.339 e. The average molecular weight is 393 g/mol. The highest BCUT2D eigenvalue weighted by atomic mass is 127. The molecule has 0 bridgehead atoms. The summed E-state index contributed by atoms with van der Waals surface area (Å²) in [5.74, 6) is 0.492. The van der Waals surface area contributed by atoms with Gasteiger partial charge in [-0.25, -0.2) is 9.37 Å². The minimum atomic E-state index is -0.237. The molecule has 2 aromatic rings. The fraction of sp³-hybridized carbons (Fsp3) is 0. The molecule has 1 N–H and O–H groups in total. The summed E-state index contributed by atoms with van der Waals surface area (Å²) >= 11 is 5.39. The van der Waals surface area contributed by atoms with E-state index in [4.69, 9.17) is 0 Å². The summed E-state index contributed by atoms with van der Waals surface area (Å²) in [4.78, 5) is 4.18. The Labute approximate surface area is 115 Å². The van der Waals surface area contributed by atoms with Gasteiger partial charge in [0.15, 0.2) is 0 Å². The molecule has 0 saturated carbocycles. The minimum Gasteiger partial charge on any atom is -0.339 e. The highest BCUT2D eigenvalue weighted by Crippen LogP contribution is 2.22. The van der Waals surface area contributed by atoms with Gasteiger partial charge in [-0.1, -0.05) is 0 Å². The molecule has 16 heavy (non-hydrogen) atoms. The van der Waals surface area contributed by atoms with Crippen molar-refractivity contribution >= 4 is 50.0 Å². The van der Waals surface area contributed by atoms with E-state index in [0.717, 1.165) is 19.5 Å². The van der Waals surface area contributed by atoms with Gasteiger partial charge < -0.3 is 5.32 Å². The predicted octanol–water partition coefficient (Wildman–Crippen LogP) is 4.33. The molecule has 0 fully saturated rings. The Kier molecular flexibility index (Phi) is 3.75. The first-order chi connectivity index (χ1) is 7.65. The number of rotatable bonds is 2. The van der Waals surface area contributed by atoms with Crippen molar-refractivity contribution in [2.45, 2.75) is 0 Å². The monoisotopic (exact) mass is 392 g/mol. The van der Waals surface area contributed by atoms with Crippen molar-refractivity contribution < 1.29 is 4.39 Å². The first-order valence-corrected chi connectivity index (χ1v) is 6.36. The number of anilines is 2. The molecule has 1 aromatic carbocycles. The van der Waals surface area contributed by atoms with E-state index in [1.54, 1.807) is 12.3 Å². The Hall–Kier alpha value is -0.690. The van der Waals surface area contributed by atoms with Crippen molar-refractivity contribution in [1.29, 1.82) is 0 Å². The van der Waals surface area contributed by atoms with Gasteiger partial charge >= 0.3 is 0 Å². The van der Waals surface area contributed by atoms with Crippen molar-refractivity contribution in [3.63, 3.8) is 0 Å². The maximum Gasteiger partial charge on any atom is 0.130 e. The first kappa shape index (κ1) is 11.8. The van der Waals surface area contributed by atoms with Gasteiger partial charge in [0.1, 0.15) is 11.6 Å². The summed E-state index contributed by atoms with van der Waals surface area (Å²) in [5, 5.41) is 3.12. The minimum absolute atomic E-state index is 0.237. The predicted molar refractivity (Wildman–Crippen MR) is 74.3 cm³/mol. The smallest absolute Gasteiger partial charge is 0.130 e. The van der Waals surface area contributed by atoms with Crippen LogP contribution in [0.4, 0.5) is 15.9 Å². The summed E-state index contributed by atoms with van der Waals surface area (Å²) in [6.45, 7) is 0. The van der Waals surface area contributed by atoms with Crippen molar-refractivity contribution in [2.24, 2.45) is 0 Å². The molecule has 0 aliphatic rings. The molecule has 2 nitrogen and oxygen atoms in total. The van der Waals surface area contributed by atoms with Crippen LogP contribution in [0.15, 0.2) is 41.0 Å². The summed E-state index contributed by atoms with van der Waals surface area (Å²) in [5.41, 5.74) is 0.844. The van der Waals surface area contributed by atoms with Crippen LogP contribution in [0.1, 0.15) is 0 Å². The molecule has 0 amide bonds. The number of nitrogens with one attached hydrogen (secondary N) is 1. The number of benzene rings is 1. The molecule has 0 saturated heterocycles. The van der Waals surface area contributed by atoms with Crippen LogP contribution in [0.2, 0.25) is 0 Å². The Balaban J connectivity index is 2.23. The van der Waals surface area contributed by atoms with Crippen LogP contribution in [0.5, 0.6) is 0 Å². The summed E-state index contributed by atoms with van der Waals surface area (Å²) in [6, 6.07) is 8.33. The van der Waals surface area contributed by atoms with Crippen molar-refractivity contribution in [3.05, 3.63) is 50.4 Å². The molecule has 0 unspecified atom stereocenters. The van der Waals surface area contributed by atoms with Gasteiger partial charge in [0.05, 0.1) is 5.69 Å². The number of aromatic nitrogens is 1. The zero-order valence-electron chi connectivity index (χ0n) is 8.05. The van der Waals surface area contributed by atoms with E-state index >= 15 is 0 Å². The Morgan fingerprint density at radius 1 is 1.25 bits per heavy atom. The Morgan fingerprint density at radius 2 is 2.06 bits per heavy atom. The second kappa shape index (κ2) is 5.09. The maximum atomic E-state index is 12.9. The molecule has 82 valence electrons. The van der Waals surface area contributed by atoms with Crippen LogP contribution in [0.25, 0.3) is 0 Å². The molecule has 0 aliphatic heterocycles. The molecule has 0 spiro atoms. The average Bonchev–Trinajstić information content (AvgIpc) is 2.25. The molecular weight excluding hydrogens is 386 g/mol. The van der Waals surface area contributed by atoms with E-state index in [-0.39, 0.29) is 5.82 Å². The third-order valence-corrected chi connectivity index (χ3v) is 3.28. The van der Waals surface area contributed by atoms with Crippen LogP contribution in [-0.4, -0.2) is 4.98 Å². The van der Waals surface area contributed by atoms with E-state index in [1.807, 2.05) is 12.1 Å². The number of pyridine rings is 1. The molecule has 0 radical (unpaired) electrons. The Morgan fingerprint density at radius 3 is 2.69 bits per heavy atom. The SMILES string of the molecule is Fc1ccc(Nc2ccc(Br)cn2)c(I)c1. The lowest BCUT2D eigenvalue weighted by molar-refractivity contribution is 0.627. The number of nitrogens with zero attached hydrogens (tertiary/aromatic N) is 1. The van der Waals surface area contributed by atoms with E-state index in [9.17, 15) is 4.39 Å². The van der Waals surface area contributed by atoms with Crippen LogP contribution in [0.3, 0.4) is 0 Å². The fourth-order valence-electron chi connectivity index (χ4n) is 1.18. The van der Waals surface area contributed by atoms with E-state index in [2.05, 4.69) is 48.8 Å². The lowest BCUT2D eigenvalue weighted by Gasteiger charge is -2.07. The molecule has 5 heteroatoms. The summed E-state index contributed by atoms with van der Waals surface area (Å²) < 4.78 is 14.6. The van der Waals surface area contributed by atoms with Gasteiger partial charge in [-0.2, -0.15) is 0 Å². The van der Waals surface area contributed by atoms with Crippen LogP contribution in [0, 0.1) is 9.39 Å². The van der Waals surface area contributed by atoms with E-state index < -0.39 is 0 Å². The zero-order chi connectivity index (χ0) is 11.5. The Bertz CT molecular complexity index is 502. The second-order valence-corrected chi connectivity index (χ2v) is 5.19. The first-order valence-electron chi connectivity index (χ1n) is 4.49. The molecule has 0 atom stereocenters. The lowest BCUT2D eigenvalue weighted by Crippen LogP contribution is -1.95. The van der Waals surface area contributed by atoms with Gasteiger partial charge in [-0.3, -0.25) is 0 Å². The van der Waals surface area contributed by atoms with Crippen molar-refractivity contribution in [3.8, 4) is 0 Å². The van der Waals surface area contributed by atoms with Crippen LogP contribution < -0.4 is 5.32 Å². The molecule has 1 heterocycles. The normalized spacial score (nSPS) is 10.2. The molecular formula is C11H7BrFIN2. The van der Waals surface area contributed by atoms with Crippen molar-refractivity contribution in [1.82, 2.24) is 4.98 Å². The third-order valence-electron chi connectivity index (χ3n) is 1.92. The van der Waals surface area contributed by atoms with Gasteiger partial charge in [0.25, 0.3) is 0 Å².